The number of hydrogen-bond donors (Lipinski definition) is 0. The van der Waals surface area contributed by atoms with Gasteiger partial charge in [0.1, 0.15) is 0 Å². The molecule has 0 aliphatic carbocycles. The zero-order valence-electron chi connectivity index (χ0n) is 21.3. The van der Waals surface area contributed by atoms with Gasteiger partial charge in [0, 0.05) is 24.8 Å². The molecule has 0 aromatic heterocycles. The number of nitrogens with zero attached hydrogens (tertiary/aromatic N) is 2. The number of likely N-dealkylation sites (tertiary alicyclic amines) is 1. The molecule has 2 heterocycles. The second-order valence-electron chi connectivity index (χ2n) is 9.33. The van der Waals surface area contributed by atoms with Gasteiger partial charge in [-0.1, -0.05) is 70.4 Å². The highest BCUT2D eigenvalue weighted by Crippen LogP contribution is 2.39. The number of carbonyl (C=O) groups excluding carboxylic acids is 1. The Hall–Kier alpha value is -2.53. The maximum atomic E-state index is 13.6. The Morgan fingerprint density at radius 3 is 2.71 bits per heavy atom. The molecule has 1 saturated heterocycles. The molecule has 1 aromatic rings. The molecule has 0 saturated carbocycles. The van der Waals surface area contributed by atoms with E-state index in [1.54, 1.807) is 6.08 Å². The molecule has 2 atom stereocenters. The van der Waals surface area contributed by atoms with Crippen molar-refractivity contribution >= 4 is 5.91 Å². The Morgan fingerprint density at radius 2 is 1.97 bits per heavy atom. The quantitative estimate of drug-likeness (QED) is 0.248. The summed E-state index contributed by atoms with van der Waals surface area (Å²) in [5, 5.41) is 0. The Balaban J connectivity index is 1.75. The molecular formula is C29H42N2O3. The zero-order chi connectivity index (χ0) is 24.3. The van der Waals surface area contributed by atoms with E-state index in [9.17, 15) is 4.79 Å². The molecule has 1 aromatic carbocycles. The smallest absolute Gasteiger partial charge is 0.241 e. The van der Waals surface area contributed by atoms with Crippen LogP contribution in [-0.2, 0) is 4.79 Å². The average molecular weight is 467 g/mol. The van der Waals surface area contributed by atoms with E-state index in [1.807, 2.05) is 36.1 Å². The van der Waals surface area contributed by atoms with Crippen LogP contribution in [0.15, 0.2) is 54.8 Å². The normalized spacial score (nSPS) is 20.3. The summed E-state index contributed by atoms with van der Waals surface area (Å²) < 4.78 is 11.1. The molecule has 34 heavy (non-hydrogen) atoms. The summed E-state index contributed by atoms with van der Waals surface area (Å²) >= 11 is 0. The zero-order valence-corrected chi connectivity index (χ0v) is 21.3. The molecule has 5 heteroatoms. The Labute approximate surface area is 206 Å². The third-order valence-corrected chi connectivity index (χ3v) is 6.92. The van der Waals surface area contributed by atoms with Crippen LogP contribution in [0, 0.1) is 0 Å². The molecule has 2 aliphatic heterocycles. The minimum absolute atomic E-state index is 0.182. The number of rotatable bonds is 13. The standard InChI is InChI=1S/C29H42N2O3/c1-5-9-12-14-26-18-24(23-15-16-27-28(19-23)34-22-33-27)20-30(26)21-29(32)31(17-11-7-3)25(8-4)13-10-6-2/h6,8,10,13,15-16,19,24,26H,2,5,7,9,11-12,14,17-18,20-22H2,1,3-4H3/b13-10-,25-8+/t24?,26-/m0/s1. The van der Waals surface area contributed by atoms with Gasteiger partial charge < -0.3 is 14.4 Å². The second kappa shape index (κ2) is 13.4. The summed E-state index contributed by atoms with van der Waals surface area (Å²) in [4.78, 5) is 18.0. The summed E-state index contributed by atoms with van der Waals surface area (Å²) in [6.07, 6.45) is 15.6. The molecule has 3 rings (SSSR count). The molecular weight excluding hydrogens is 424 g/mol. The van der Waals surface area contributed by atoms with Crippen molar-refractivity contribution in [2.24, 2.45) is 0 Å². The minimum atomic E-state index is 0.182. The molecule has 1 amide bonds. The van der Waals surface area contributed by atoms with Gasteiger partial charge in [0.15, 0.2) is 11.5 Å². The molecule has 0 N–H and O–H groups in total. The van der Waals surface area contributed by atoms with Crippen LogP contribution in [0.2, 0.25) is 0 Å². The highest BCUT2D eigenvalue weighted by Gasteiger charge is 2.35. The van der Waals surface area contributed by atoms with Crippen molar-refractivity contribution in [3.8, 4) is 11.5 Å². The number of benzene rings is 1. The van der Waals surface area contributed by atoms with Gasteiger partial charge in [-0.2, -0.15) is 0 Å². The fourth-order valence-electron chi connectivity index (χ4n) is 5.00. The van der Waals surface area contributed by atoms with Gasteiger partial charge in [0.25, 0.3) is 0 Å². The molecule has 186 valence electrons. The molecule has 0 spiro atoms. The first-order valence-corrected chi connectivity index (χ1v) is 13.0. The molecule has 0 radical (unpaired) electrons. The number of fused-ring (bicyclic) bond motifs is 1. The van der Waals surface area contributed by atoms with Crippen molar-refractivity contribution in [3.63, 3.8) is 0 Å². The first-order chi connectivity index (χ1) is 16.6. The lowest BCUT2D eigenvalue weighted by Gasteiger charge is -2.29. The summed E-state index contributed by atoms with van der Waals surface area (Å²) in [5.41, 5.74) is 2.23. The number of ether oxygens (including phenoxy) is 2. The Morgan fingerprint density at radius 1 is 1.18 bits per heavy atom. The predicted octanol–water partition coefficient (Wildman–Crippen LogP) is 6.43. The van der Waals surface area contributed by atoms with Crippen LogP contribution in [-0.4, -0.2) is 48.2 Å². The highest BCUT2D eigenvalue weighted by molar-refractivity contribution is 5.80. The summed E-state index contributed by atoms with van der Waals surface area (Å²) in [5.74, 6) is 2.25. The fraction of sp³-hybridized carbons (Fsp3) is 0.552. The summed E-state index contributed by atoms with van der Waals surface area (Å²) in [7, 11) is 0. The fourth-order valence-corrected chi connectivity index (χ4v) is 5.00. The van der Waals surface area contributed by atoms with Crippen LogP contribution in [0.1, 0.15) is 77.2 Å². The van der Waals surface area contributed by atoms with Gasteiger partial charge >= 0.3 is 0 Å². The van der Waals surface area contributed by atoms with Crippen molar-refractivity contribution in [1.82, 2.24) is 9.80 Å². The van der Waals surface area contributed by atoms with E-state index in [0.29, 0.717) is 25.3 Å². The van der Waals surface area contributed by atoms with Crippen molar-refractivity contribution in [3.05, 3.63) is 60.3 Å². The maximum Gasteiger partial charge on any atom is 0.241 e. The average Bonchev–Trinajstić information content (AvgIpc) is 3.47. The largest absolute Gasteiger partial charge is 0.454 e. The first-order valence-electron chi connectivity index (χ1n) is 13.0. The third-order valence-electron chi connectivity index (χ3n) is 6.92. The first kappa shape index (κ1) is 26.1. The van der Waals surface area contributed by atoms with E-state index < -0.39 is 0 Å². The maximum absolute atomic E-state index is 13.6. The van der Waals surface area contributed by atoms with Gasteiger partial charge in [-0.15, -0.1) is 0 Å². The van der Waals surface area contributed by atoms with E-state index in [0.717, 1.165) is 56.0 Å². The number of amides is 1. The second-order valence-corrected chi connectivity index (χ2v) is 9.33. The van der Waals surface area contributed by atoms with Gasteiger partial charge in [0.05, 0.1) is 6.54 Å². The predicted molar refractivity (Wildman–Crippen MR) is 139 cm³/mol. The SMILES string of the molecule is C=C/C=C\C(=C/C)N(CCCC)C(=O)CN1CC(c2ccc3c(c2)OCO3)C[C@@H]1CCCCC. The van der Waals surface area contributed by atoms with Crippen LogP contribution in [0.5, 0.6) is 11.5 Å². The lowest BCUT2D eigenvalue weighted by Crippen LogP contribution is -2.42. The van der Waals surface area contributed by atoms with Crippen molar-refractivity contribution < 1.29 is 14.3 Å². The summed E-state index contributed by atoms with van der Waals surface area (Å²) in [6.45, 7) is 12.6. The van der Waals surface area contributed by atoms with Gasteiger partial charge in [-0.25, -0.2) is 0 Å². The molecule has 1 fully saturated rings. The van der Waals surface area contributed by atoms with E-state index in [4.69, 9.17) is 9.47 Å². The van der Waals surface area contributed by atoms with Crippen LogP contribution in [0.4, 0.5) is 0 Å². The number of carbonyl (C=O) groups is 1. The van der Waals surface area contributed by atoms with Gasteiger partial charge in [-0.3, -0.25) is 9.69 Å². The minimum Gasteiger partial charge on any atom is -0.454 e. The highest BCUT2D eigenvalue weighted by atomic mass is 16.7. The van der Waals surface area contributed by atoms with E-state index in [-0.39, 0.29) is 5.91 Å². The number of unbranched alkanes of at least 4 members (excludes halogenated alkanes) is 3. The molecule has 0 bridgehead atoms. The number of hydrogen-bond acceptors (Lipinski definition) is 4. The van der Waals surface area contributed by atoms with Crippen LogP contribution in [0.3, 0.4) is 0 Å². The topological polar surface area (TPSA) is 42.0 Å². The van der Waals surface area contributed by atoms with Crippen LogP contribution < -0.4 is 9.47 Å². The lowest BCUT2D eigenvalue weighted by atomic mass is 9.94. The van der Waals surface area contributed by atoms with E-state index in [2.05, 4.69) is 37.5 Å². The molecule has 2 aliphatic rings. The molecule has 5 nitrogen and oxygen atoms in total. The Kier molecular flexibility index (Phi) is 10.3. The monoisotopic (exact) mass is 466 g/mol. The van der Waals surface area contributed by atoms with Crippen molar-refractivity contribution in [1.29, 1.82) is 0 Å². The Bertz CT molecular complexity index is 876. The summed E-state index contributed by atoms with van der Waals surface area (Å²) in [6, 6.07) is 6.75. The van der Waals surface area contributed by atoms with Gasteiger partial charge in [0.2, 0.25) is 12.7 Å². The van der Waals surface area contributed by atoms with E-state index >= 15 is 0 Å². The van der Waals surface area contributed by atoms with Crippen LogP contribution >= 0.6 is 0 Å². The van der Waals surface area contributed by atoms with Gasteiger partial charge in [-0.05, 0) is 55.9 Å². The number of allylic oxidation sites excluding steroid dienone is 4. The molecule has 1 unspecified atom stereocenters. The third kappa shape index (κ3) is 6.75. The van der Waals surface area contributed by atoms with Crippen molar-refractivity contribution in [2.45, 2.75) is 77.7 Å². The van der Waals surface area contributed by atoms with Crippen LogP contribution in [0.25, 0.3) is 0 Å². The lowest BCUT2D eigenvalue weighted by molar-refractivity contribution is -0.130. The van der Waals surface area contributed by atoms with E-state index in [1.165, 1.54) is 24.8 Å². The van der Waals surface area contributed by atoms with Crippen molar-refractivity contribution in [2.75, 3.05) is 26.4 Å².